The van der Waals surface area contributed by atoms with Gasteiger partial charge in [0.05, 0.1) is 14.2 Å². The quantitative estimate of drug-likeness (QED) is 0.694. The van der Waals surface area contributed by atoms with Crippen molar-refractivity contribution < 1.29 is 14.3 Å². The summed E-state index contributed by atoms with van der Waals surface area (Å²) in [5.74, 6) is 0.878. The SMILES string of the molecule is COc1ccc(C(=O)c2cc(N)cc(Cl)c2)cc1OC. The molecule has 0 amide bonds. The molecule has 4 nitrogen and oxygen atoms in total. The monoisotopic (exact) mass is 291 g/mol. The summed E-state index contributed by atoms with van der Waals surface area (Å²) in [7, 11) is 3.06. The fourth-order valence-electron chi connectivity index (χ4n) is 1.89. The first-order chi connectivity index (χ1) is 9.55. The highest BCUT2D eigenvalue weighted by molar-refractivity contribution is 6.31. The Morgan fingerprint density at radius 2 is 1.70 bits per heavy atom. The van der Waals surface area contributed by atoms with Crippen molar-refractivity contribution in [1.29, 1.82) is 0 Å². The van der Waals surface area contributed by atoms with E-state index < -0.39 is 0 Å². The third-order valence-electron chi connectivity index (χ3n) is 2.83. The number of hydrogen-bond donors (Lipinski definition) is 1. The first-order valence-electron chi connectivity index (χ1n) is 5.88. The zero-order valence-electron chi connectivity index (χ0n) is 11.1. The van der Waals surface area contributed by atoms with Gasteiger partial charge in [-0.05, 0) is 36.4 Å². The highest BCUT2D eigenvalue weighted by Crippen LogP contribution is 2.29. The van der Waals surface area contributed by atoms with E-state index in [1.165, 1.54) is 14.2 Å². The molecule has 0 heterocycles. The summed E-state index contributed by atoms with van der Waals surface area (Å²) < 4.78 is 10.3. The van der Waals surface area contributed by atoms with Crippen molar-refractivity contribution in [1.82, 2.24) is 0 Å². The minimum atomic E-state index is -0.180. The Bertz CT molecular complexity index is 635. The van der Waals surface area contributed by atoms with E-state index in [0.29, 0.717) is 33.3 Å². The molecule has 2 aromatic rings. The predicted molar refractivity (Wildman–Crippen MR) is 78.8 cm³/mol. The average Bonchev–Trinajstić information content (AvgIpc) is 2.44. The van der Waals surface area contributed by atoms with E-state index in [2.05, 4.69) is 0 Å². The number of methoxy groups -OCH3 is 2. The molecule has 0 aromatic heterocycles. The molecule has 2 N–H and O–H groups in total. The van der Waals surface area contributed by atoms with Gasteiger partial charge in [0.2, 0.25) is 0 Å². The number of rotatable bonds is 4. The Hall–Kier alpha value is -2.20. The summed E-state index contributed by atoms with van der Waals surface area (Å²) in [6.45, 7) is 0. The second kappa shape index (κ2) is 5.84. The van der Waals surface area contributed by atoms with Crippen LogP contribution in [-0.2, 0) is 0 Å². The molecule has 104 valence electrons. The van der Waals surface area contributed by atoms with Crippen molar-refractivity contribution in [2.45, 2.75) is 0 Å². The lowest BCUT2D eigenvalue weighted by atomic mass is 10.0. The van der Waals surface area contributed by atoms with Gasteiger partial charge in [-0.1, -0.05) is 11.6 Å². The van der Waals surface area contributed by atoms with Crippen molar-refractivity contribution >= 4 is 23.1 Å². The minimum Gasteiger partial charge on any atom is -0.493 e. The van der Waals surface area contributed by atoms with Crippen LogP contribution in [0.1, 0.15) is 15.9 Å². The van der Waals surface area contributed by atoms with E-state index in [0.717, 1.165) is 0 Å². The molecule has 0 saturated carbocycles. The smallest absolute Gasteiger partial charge is 0.193 e. The second-order valence-electron chi connectivity index (χ2n) is 4.17. The molecule has 20 heavy (non-hydrogen) atoms. The van der Waals surface area contributed by atoms with Gasteiger partial charge in [0.15, 0.2) is 17.3 Å². The zero-order valence-corrected chi connectivity index (χ0v) is 11.9. The van der Waals surface area contributed by atoms with Crippen LogP contribution in [0.2, 0.25) is 5.02 Å². The summed E-state index contributed by atoms with van der Waals surface area (Å²) >= 11 is 5.91. The van der Waals surface area contributed by atoms with Crippen molar-refractivity contribution in [3.8, 4) is 11.5 Å². The summed E-state index contributed by atoms with van der Waals surface area (Å²) in [6, 6.07) is 9.73. The van der Waals surface area contributed by atoms with Crippen LogP contribution >= 0.6 is 11.6 Å². The van der Waals surface area contributed by atoms with Crippen LogP contribution in [-0.4, -0.2) is 20.0 Å². The van der Waals surface area contributed by atoms with Gasteiger partial charge in [-0.2, -0.15) is 0 Å². The number of ketones is 1. The van der Waals surface area contributed by atoms with Crippen LogP contribution < -0.4 is 15.2 Å². The van der Waals surface area contributed by atoms with Crippen LogP contribution in [0.15, 0.2) is 36.4 Å². The van der Waals surface area contributed by atoms with E-state index in [1.807, 2.05) is 0 Å². The highest BCUT2D eigenvalue weighted by Gasteiger charge is 2.13. The predicted octanol–water partition coefficient (Wildman–Crippen LogP) is 3.17. The molecule has 0 aliphatic heterocycles. The van der Waals surface area contributed by atoms with E-state index >= 15 is 0 Å². The van der Waals surface area contributed by atoms with Gasteiger partial charge in [0, 0.05) is 21.8 Å². The van der Waals surface area contributed by atoms with Gasteiger partial charge < -0.3 is 15.2 Å². The van der Waals surface area contributed by atoms with Gasteiger partial charge in [0.1, 0.15) is 0 Å². The zero-order chi connectivity index (χ0) is 14.7. The molecule has 0 spiro atoms. The first kappa shape index (κ1) is 14.2. The summed E-state index contributed by atoms with van der Waals surface area (Å²) in [5, 5.41) is 0.425. The lowest BCUT2D eigenvalue weighted by molar-refractivity contribution is 0.103. The Labute approximate surface area is 122 Å². The number of anilines is 1. The third kappa shape index (κ3) is 2.86. The number of benzene rings is 2. The molecule has 0 atom stereocenters. The van der Waals surface area contributed by atoms with Gasteiger partial charge in [0.25, 0.3) is 0 Å². The molecule has 0 saturated heterocycles. The Balaban J connectivity index is 2.42. The van der Waals surface area contributed by atoms with E-state index in [4.69, 9.17) is 26.8 Å². The number of halogens is 1. The Morgan fingerprint density at radius 1 is 1.00 bits per heavy atom. The fraction of sp³-hybridized carbons (Fsp3) is 0.133. The molecule has 5 heteroatoms. The number of hydrogen-bond acceptors (Lipinski definition) is 4. The largest absolute Gasteiger partial charge is 0.493 e. The normalized spacial score (nSPS) is 10.2. The molecule has 0 aliphatic carbocycles. The fourth-order valence-corrected chi connectivity index (χ4v) is 2.13. The number of ether oxygens (including phenoxy) is 2. The van der Waals surface area contributed by atoms with E-state index in [1.54, 1.807) is 36.4 Å². The maximum atomic E-state index is 12.4. The molecule has 0 aliphatic rings. The standard InChI is InChI=1S/C15H14ClNO3/c1-19-13-4-3-9(7-14(13)20-2)15(18)10-5-11(16)8-12(17)6-10/h3-8H,17H2,1-2H3. The topological polar surface area (TPSA) is 61.5 Å². The van der Waals surface area contributed by atoms with Crippen LogP contribution in [0, 0.1) is 0 Å². The minimum absolute atomic E-state index is 0.180. The van der Waals surface area contributed by atoms with Crippen LogP contribution in [0.5, 0.6) is 11.5 Å². The van der Waals surface area contributed by atoms with Gasteiger partial charge in [-0.3, -0.25) is 4.79 Å². The van der Waals surface area contributed by atoms with Crippen molar-refractivity contribution in [2.24, 2.45) is 0 Å². The molecular weight excluding hydrogens is 278 g/mol. The maximum absolute atomic E-state index is 12.4. The molecule has 0 radical (unpaired) electrons. The number of nitrogen functional groups attached to an aromatic ring is 1. The van der Waals surface area contributed by atoms with E-state index in [-0.39, 0.29) is 5.78 Å². The van der Waals surface area contributed by atoms with Gasteiger partial charge in [-0.25, -0.2) is 0 Å². The van der Waals surface area contributed by atoms with Crippen LogP contribution in [0.4, 0.5) is 5.69 Å². The number of carbonyl (C=O) groups is 1. The van der Waals surface area contributed by atoms with Gasteiger partial charge >= 0.3 is 0 Å². The Kier molecular flexibility index (Phi) is 4.15. The lowest BCUT2D eigenvalue weighted by Gasteiger charge is -2.09. The molecule has 2 rings (SSSR count). The van der Waals surface area contributed by atoms with E-state index in [9.17, 15) is 4.79 Å². The van der Waals surface area contributed by atoms with Crippen molar-refractivity contribution in [3.05, 3.63) is 52.5 Å². The van der Waals surface area contributed by atoms with Crippen molar-refractivity contribution in [3.63, 3.8) is 0 Å². The summed E-state index contributed by atoms with van der Waals surface area (Å²) in [4.78, 5) is 12.4. The van der Waals surface area contributed by atoms with Crippen molar-refractivity contribution in [2.75, 3.05) is 20.0 Å². The molecule has 0 fully saturated rings. The number of carbonyl (C=O) groups excluding carboxylic acids is 1. The first-order valence-corrected chi connectivity index (χ1v) is 6.25. The molecular formula is C15H14ClNO3. The number of nitrogens with two attached hydrogens (primary N) is 1. The average molecular weight is 292 g/mol. The summed E-state index contributed by atoms with van der Waals surface area (Å²) in [6.07, 6.45) is 0. The molecule has 0 bridgehead atoms. The van der Waals surface area contributed by atoms with Crippen LogP contribution in [0.25, 0.3) is 0 Å². The highest BCUT2D eigenvalue weighted by atomic mass is 35.5. The maximum Gasteiger partial charge on any atom is 0.193 e. The third-order valence-corrected chi connectivity index (χ3v) is 3.05. The lowest BCUT2D eigenvalue weighted by Crippen LogP contribution is -2.03. The van der Waals surface area contributed by atoms with Gasteiger partial charge in [-0.15, -0.1) is 0 Å². The van der Waals surface area contributed by atoms with Crippen LogP contribution in [0.3, 0.4) is 0 Å². The summed E-state index contributed by atoms with van der Waals surface area (Å²) in [5.41, 5.74) is 7.05. The second-order valence-corrected chi connectivity index (χ2v) is 4.61. The molecule has 2 aromatic carbocycles. The Morgan fingerprint density at radius 3 is 2.30 bits per heavy atom. The molecule has 0 unspecified atom stereocenters.